The molecule has 1 aromatic carbocycles. The molecule has 0 aromatic heterocycles. The van der Waals surface area contributed by atoms with Gasteiger partial charge in [0.2, 0.25) is 0 Å². The van der Waals surface area contributed by atoms with E-state index in [0.717, 1.165) is 18.9 Å². The number of benzene rings is 1. The second-order valence-corrected chi connectivity index (χ2v) is 5.87. The molecule has 1 atom stereocenters. The first-order chi connectivity index (χ1) is 8.83. The third-order valence-electron chi connectivity index (χ3n) is 4.32. The van der Waals surface area contributed by atoms with Crippen molar-refractivity contribution >= 4 is 0 Å². The summed E-state index contributed by atoms with van der Waals surface area (Å²) in [4.78, 5) is 0. The third kappa shape index (κ3) is 2.86. The molecular formula is C16H23NO. The molecule has 0 heterocycles. The third-order valence-corrected chi connectivity index (χ3v) is 4.32. The topological polar surface area (TPSA) is 32.3 Å². The molecular weight excluding hydrogens is 222 g/mol. The van der Waals surface area contributed by atoms with Gasteiger partial charge in [0.25, 0.3) is 0 Å². The molecule has 1 saturated carbocycles. The van der Waals surface area contributed by atoms with Gasteiger partial charge in [-0.05, 0) is 67.8 Å². The lowest BCUT2D eigenvalue weighted by atomic mass is 9.87. The van der Waals surface area contributed by atoms with Crippen LogP contribution in [0.15, 0.2) is 18.2 Å². The molecule has 0 aliphatic heterocycles. The van der Waals surface area contributed by atoms with E-state index in [1.165, 1.54) is 49.7 Å². The molecule has 1 fully saturated rings. The van der Waals surface area contributed by atoms with Crippen molar-refractivity contribution in [3.63, 3.8) is 0 Å². The van der Waals surface area contributed by atoms with Gasteiger partial charge in [-0.3, -0.25) is 0 Å². The minimum absolute atomic E-state index is 0.406. The van der Waals surface area contributed by atoms with Crippen molar-refractivity contribution in [3.8, 4) is 5.75 Å². The molecule has 2 heteroatoms. The molecule has 0 amide bonds. The van der Waals surface area contributed by atoms with E-state index < -0.39 is 0 Å². The maximum Gasteiger partial charge on any atom is 0.115 e. The zero-order valence-electron chi connectivity index (χ0n) is 11.0. The lowest BCUT2D eigenvalue weighted by molar-refractivity contribution is 0.442. The van der Waals surface area contributed by atoms with Crippen molar-refractivity contribution in [3.05, 3.63) is 29.3 Å². The Hall–Kier alpha value is -1.02. The van der Waals surface area contributed by atoms with Crippen LogP contribution >= 0.6 is 0 Å². The van der Waals surface area contributed by atoms with E-state index in [-0.39, 0.29) is 0 Å². The highest BCUT2D eigenvalue weighted by Gasteiger charge is 2.22. The van der Waals surface area contributed by atoms with Gasteiger partial charge in [-0.2, -0.15) is 0 Å². The van der Waals surface area contributed by atoms with Crippen molar-refractivity contribution in [2.45, 2.75) is 51.0 Å². The van der Waals surface area contributed by atoms with Gasteiger partial charge in [-0.15, -0.1) is 0 Å². The van der Waals surface area contributed by atoms with Crippen LogP contribution in [-0.4, -0.2) is 11.7 Å². The van der Waals surface area contributed by atoms with Crippen LogP contribution in [0.2, 0.25) is 0 Å². The van der Waals surface area contributed by atoms with E-state index in [9.17, 15) is 5.11 Å². The number of phenols is 1. The van der Waals surface area contributed by atoms with Crippen LogP contribution in [0.1, 0.15) is 55.7 Å². The van der Waals surface area contributed by atoms with Crippen molar-refractivity contribution in [1.82, 2.24) is 5.32 Å². The van der Waals surface area contributed by atoms with Crippen LogP contribution in [0.25, 0.3) is 0 Å². The number of phenolic OH excluding ortho intramolecular Hbond substituents is 1. The summed E-state index contributed by atoms with van der Waals surface area (Å²) in [6.07, 6.45) is 9.23. The molecule has 1 aromatic rings. The maximum absolute atomic E-state index is 9.54. The highest BCUT2D eigenvalue weighted by atomic mass is 16.3. The van der Waals surface area contributed by atoms with Crippen LogP contribution in [0, 0.1) is 5.92 Å². The van der Waals surface area contributed by atoms with Crippen molar-refractivity contribution < 1.29 is 5.11 Å². The molecule has 0 saturated heterocycles. The van der Waals surface area contributed by atoms with E-state index in [1.807, 2.05) is 12.1 Å². The van der Waals surface area contributed by atoms with Crippen molar-refractivity contribution in [2.24, 2.45) is 5.92 Å². The fourth-order valence-corrected chi connectivity index (χ4v) is 3.09. The summed E-state index contributed by atoms with van der Waals surface area (Å²) in [6.45, 7) is 1.14. The Balaban J connectivity index is 1.56. The van der Waals surface area contributed by atoms with E-state index in [4.69, 9.17) is 0 Å². The van der Waals surface area contributed by atoms with Crippen LogP contribution in [0.3, 0.4) is 0 Å². The molecule has 0 spiro atoms. The van der Waals surface area contributed by atoms with E-state index in [0.29, 0.717) is 11.8 Å². The van der Waals surface area contributed by atoms with Crippen LogP contribution in [0.4, 0.5) is 0 Å². The number of rotatable bonds is 5. The largest absolute Gasteiger partial charge is 0.508 e. The van der Waals surface area contributed by atoms with E-state index in [1.54, 1.807) is 0 Å². The molecule has 2 aliphatic rings. The van der Waals surface area contributed by atoms with Crippen LogP contribution in [-0.2, 0) is 6.42 Å². The molecule has 2 N–H and O–H groups in total. The first-order valence-electron chi connectivity index (χ1n) is 7.38. The van der Waals surface area contributed by atoms with Crippen LogP contribution in [0.5, 0.6) is 5.75 Å². The van der Waals surface area contributed by atoms with Gasteiger partial charge >= 0.3 is 0 Å². The minimum atomic E-state index is 0.406. The summed E-state index contributed by atoms with van der Waals surface area (Å²) in [7, 11) is 0. The highest BCUT2D eigenvalue weighted by molar-refractivity contribution is 5.38. The molecule has 0 bridgehead atoms. The maximum atomic E-state index is 9.54. The Morgan fingerprint density at radius 3 is 2.94 bits per heavy atom. The normalized spacial score (nSPS) is 22.8. The quantitative estimate of drug-likeness (QED) is 0.778. The van der Waals surface area contributed by atoms with Gasteiger partial charge in [0, 0.05) is 6.04 Å². The number of fused-ring (bicyclic) bond motifs is 1. The predicted octanol–water partition coefficient (Wildman–Crippen LogP) is 3.55. The van der Waals surface area contributed by atoms with Crippen molar-refractivity contribution in [1.29, 1.82) is 0 Å². The molecule has 0 radical (unpaired) electrons. The number of aromatic hydroxyl groups is 1. The molecule has 1 unspecified atom stereocenters. The summed E-state index contributed by atoms with van der Waals surface area (Å²) in [5.74, 6) is 1.45. The Bertz CT molecular complexity index is 412. The summed E-state index contributed by atoms with van der Waals surface area (Å²) in [6, 6.07) is 6.37. The lowest BCUT2D eigenvalue weighted by Crippen LogP contribution is -2.26. The average Bonchev–Trinajstić information content (AvgIpc) is 3.18. The first kappa shape index (κ1) is 12.0. The van der Waals surface area contributed by atoms with Gasteiger partial charge < -0.3 is 10.4 Å². The molecule has 98 valence electrons. The fourth-order valence-electron chi connectivity index (χ4n) is 3.09. The second-order valence-electron chi connectivity index (χ2n) is 5.87. The minimum Gasteiger partial charge on any atom is -0.508 e. The van der Waals surface area contributed by atoms with Gasteiger partial charge in [-0.25, -0.2) is 0 Å². The smallest absolute Gasteiger partial charge is 0.115 e. The van der Waals surface area contributed by atoms with Gasteiger partial charge in [0.15, 0.2) is 0 Å². The highest BCUT2D eigenvalue weighted by Crippen LogP contribution is 2.34. The number of aryl methyl sites for hydroxylation is 1. The molecule has 3 rings (SSSR count). The number of hydrogen-bond acceptors (Lipinski definition) is 2. The fraction of sp³-hybridized carbons (Fsp3) is 0.625. The Labute approximate surface area is 109 Å². The van der Waals surface area contributed by atoms with Gasteiger partial charge in [0.05, 0.1) is 0 Å². The summed E-state index contributed by atoms with van der Waals surface area (Å²) >= 11 is 0. The van der Waals surface area contributed by atoms with Gasteiger partial charge in [0.1, 0.15) is 5.75 Å². The Morgan fingerprint density at radius 2 is 2.11 bits per heavy atom. The zero-order chi connectivity index (χ0) is 12.4. The number of nitrogens with one attached hydrogen (secondary N) is 1. The zero-order valence-corrected chi connectivity index (χ0v) is 11.0. The monoisotopic (exact) mass is 245 g/mol. The summed E-state index contributed by atoms with van der Waals surface area (Å²) < 4.78 is 0. The van der Waals surface area contributed by atoms with Crippen LogP contribution < -0.4 is 5.32 Å². The second kappa shape index (κ2) is 5.31. The van der Waals surface area contributed by atoms with Crippen molar-refractivity contribution in [2.75, 3.05) is 6.54 Å². The number of hydrogen-bond donors (Lipinski definition) is 2. The molecule has 2 aliphatic carbocycles. The molecule has 2 nitrogen and oxygen atoms in total. The first-order valence-corrected chi connectivity index (χ1v) is 7.38. The predicted molar refractivity (Wildman–Crippen MR) is 73.7 cm³/mol. The molecule has 18 heavy (non-hydrogen) atoms. The standard InChI is InChI=1S/C16H23NO/c18-14-8-9-15-13(11-14)4-1-5-16(15)17-10-2-3-12-6-7-12/h8-9,11-12,16-18H,1-7,10H2. The Morgan fingerprint density at radius 1 is 1.22 bits per heavy atom. The van der Waals surface area contributed by atoms with E-state index in [2.05, 4.69) is 11.4 Å². The lowest BCUT2D eigenvalue weighted by Gasteiger charge is -2.26. The van der Waals surface area contributed by atoms with Gasteiger partial charge in [-0.1, -0.05) is 18.9 Å². The summed E-state index contributed by atoms with van der Waals surface area (Å²) in [5, 5.41) is 13.2. The SMILES string of the molecule is Oc1ccc2c(c1)CCCC2NCCCC1CC1. The Kier molecular flexibility index (Phi) is 3.55. The van der Waals surface area contributed by atoms with E-state index >= 15 is 0 Å². The average molecular weight is 245 g/mol. The summed E-state index contributed by atoms with van der Waals surface area (Å²) in [5.41, 5.74) is 2.74.